The van der Waals surface area contributed by atoms with Crippen LogP contribution in [0.1, 0.15) is 40.4 Å². The van der Waals surface area contributed by atoms with E-state index in [1.54, 1.807) is 38.1 Å². The first-order chi connectivity index (χ1) is 18.7. The van der Waals surface area contributed by atoms with Crippen LogP contribution >= 0.6 is 11.8 Å². The van der Waals surface area contributed by atoms with E-state index in [2.05, 4.69) is 5.32 Å². The van der Waals surface area contributed by atoms with E-state index < -0.39 is 16.9 Å². The number of nitrogens with zero attached hydrogens (tertiary/aromatic N) is 1. The third-order valence-corrected chi connectivity index (χ3v) is 8.02. The van der Waals surface area contributed by atoms with Gasteiger partial charge in [0.05, 0.1) is 17.9 Å². The number of rotatable bonds is 7. The molecule has 9 heteroatoms. The number of amides is 2. The van der Waals surface area contributed by atoms with E-state index in [0.29, 0.717) is 32.9 Å². The van der Waals surface area contributed by atoms with Crippen molar-refractivity contribution in [3.63, 3.8) is 0 Å². The Morgan fingerprint density at radius 3 is 2.59 bits per heavy atom. The van der Waals surface area contributed by atoms with Crippen LogP contribution in [0.3, 0.4) is 0 Å². The van der Waals surface area contributed by atoms with Crippen LogP contribution in [-0.4, -0.2) is 37.2 Å². The van der Waals surface area contributed by atoms with Crippen molar-refractivity contribution >= 4 is 40.0 Å². The fourth-order valence-electron chi connectivity index (χ4n) is 5.08. The van der Waals surface area contributed by atoms with E-state index in [0.717, 1.165) is 23.0 Å². The summed E-state index contributed by atoms with van der Waals surface area (Å²) in [6.07, 6.45) is 0.0632. The maximum Gasteiger partial charge on any atom is 0.290 e. The second kappa shape index (κ2) is 10.7. The van der Waals surface area contributed by atoms with Crippen molar-refractivity contribution in [2.24, 2.45) is 0 Å². The van der Waals surface area contributed by atoms with E-state index in [-0.39, 0.29) is 31.2 Å². The van der Waals surface area contributed by atoms with Crippen LogP contribution in [0.4, 0.5) is 14.9 Å². The molecule has 2 amide bonds. The van der Waals surface area contributed by atoms with Crippen LogP contribution in [-0.2, 0) is 15.3 Å². The Kier molecular flexibility index (Phi) is 7.29. The fraction of sp³-hybridized carbons (Fsp3) is 0.233. The first-order valence-corrected chi connectivity index (χ1v) is 13.2. The number of hydrogen-bond acceptors (Lipinski definition) is 7. The largest absolute Gasteiger partial charge is 0.491 e. The molecule has 2 aliphatic rings. The number of ether oxygens (including phenoxy) is 2. The first kappa shape index (κ1) is 26.6. The summed E-state index contributed by atoms with van der Waals surface area (Å²) in [5, 5.41) is 1.88. The smallest absolute Gasteiger partial charge is 0.290 e. The summed E-state index contributed by atoms with van der Waals surface area (Å²) in [4.78, 5) is 39.2. The summed E-state index contributed by atoms with van der Waals surface area (Å²) < 4.78 is 26.4. The highest BCUT2D eigenvalue weighted by atomic mass is 32.2. The van der Waals surface area contributed by atoms with Crippen LogP contribution in [0, 0.1) is 12.7 Å². The number of ketones is 1. The minimum atomic E-state index is -1.14. The maximum absolute atomic E-state index is 14.0. The van der Waals surface area contributed by atoms with E-state index in [4.69, 9.17) is 9.47 Å². The maximum atomic E-state index is 14.0. The number of anilines is 1. The number of aryl methyl sites for hydroxylation is 1. The second-order valence-electron chi connectivity index (χ2n) is 9.44. The molecule has 39 heavy (non-hydrogen) atoms. The molecule has 0 radical (unpaired) electrons. The van der Waals surface area contributed by atoms with Crippen molar-refractivity contribution in [2.75, 3.05) is 25.2 Å². The van der Waals surface area contributed by atoms with Crippen molar-refractivity contribution < 1.29 is 28.2 Å². The van der Waals surface area contributed by atoms with Crippen LogP contribution < -0.4 is 15.0 Å². The molecule has 2 heterocycles. The molecule has 5 rings (SSSR count). The number of imide groups is 1. The predicted molar refractivity (Wildman–Crippen MR) is 148 cm³/mol. The summed E-state index contributed by atoms with van der Waals surface area (Å²) in [6.45, 7) is 3.91. The lowest BCUT2D eigenvalue weighted by Crippen LogP contribution is -2.52. The number of para-hydroxylation sites is 1. The van der Waals surface area contributed by atoms with Gasteiger partial charge in [-0.25, -0.2) is 4.39 Å². The minimum absolute atomic E-state index is 0.0585. The molecule has 1 fully saturated rings. The lowest BCUT2D eigenvalue weighted by Gasteiger charge is -2.47. The zero-order chi connectivity index (χ0) is 27.7. The van der Waals surface area contributed by atoms with E-state index >= 15 is 0 Å². The van der Waals surface area contributed by atoms with Gasteiger partial charge in [0.1, 0.15) is 18.2 Å². The topological polar surface area (TPSA) is 84.9 Å². The molecule has 1 saturated heterocycles. The van der Waals surface area contributed by atoms with Gasteiger partial charge in [-0.3, -0.25) is 19.7 Å². The molecule has 0 saturated carbocycles. The third kappa shape index (κ3) is 5.07. The van der Waals surface area contributed by atoms with Gasteiger partial charge in [-0.05, 0) is 78.7 Å². The number of allylic oxidation sites excluding steroid dienone is 1. The number of Topliss-reactive ketones (excluding diaryl/α,β-unsaturated/α-hetero) is 1. The third-order valence-electron chi connectivity index (χ3n) is 7.03. The summed E-state index contributed by atoms with van der Waals surface area (Å²) >= 11 is 0.878. The molecule has 1 atom stereocenters. The summed E-state index contributed by atoms with van der Waals surface area (Å²) in [5.74, 6) is -0.257. The molecule has 0 spiro atoms. The monoisotopic (exact) mass is 546 g/mol. The van der Waals surface area contributed by atoms with Gasteiger partial charge in [0.15, 0.2) is 11.5 Å². The number of carbonyl (C=O) groups is 3. The number of benzene rings is 3. The van der Waals surface area contributed by atoms with Crippen molar-refractivity contribution in [3.8, 4) is 5.75 Å². The SMILES string of the molecule is CC(=C1SC(=O)NC1=O)c1cccc(OCCOC2(c3ccc(F)cc3C)CC(=O)c3ccccc3N2C)c1. The summed E-state index contributed by atoms with van der Waals surface area (Å²) in [5.41, 5.74) is 3.04. The standard InChI is InChI=1S/C30H27FN2O5S/c1-18-15-21(31)11-12-24(18)30(17-26(34)23-9-4-5-10-25(23)33(30)3)38-14-13-37-22-8-6-7-20(16-22)19(2)27-28(35)32-29(36)39-27/h4-12,15-16H,13-14,17H2,1-3H3,(H,32,35,36). The molecule has 3 aromatic rings. The molecular weight excluding hydrogens is 519 g/mol. The van der Waals surface area contributed by atoms with Gasteiger partial charge >= 0.3 is 0 Å². The first-order valence-electron chi connectivity index (χ1n) is 12.4. The van der Waals surface area contributed by atoms with Gasteiger partial charge in [0.2, 0.25) is 0 Å². The van der Waals surface area contributed by atoms with Crippen LogP contribution in [0.15, 0.2) is 71.6 Å². The van der Waals surface area contributed by atoms with Crippen LogP contribution in [0.2, 0.25) is 0 Å². The molecule has 1 unspecified atom stereocenters. The highest BCUT2D eigenvalue weighted by molar-refractivity contribution is 8.18. The average molecular weight is 547 g/mol. The Balaban J connectivity index is 1.37. The quantitative estimate of drug-likeness (QED) is 0.295. The number of hydrogen-bond donors (Lipinski definition) is 1. The zero-order valence-electron chi connectivity index (χ0n) is 21.7. The Hall–Kier alpha value is -3.95. The molecule has 7 nitrogen and oxygen atoms in total. The number of nitrogens with one attached hydrogen (secondary N) is 1. The normalized spacial score (nSPS) is 20.1. The van der Waals surface area contributed by atoms with Crippen molar-refractivity contribution in [1.29, 1.82) is 0 Å². The van der Waals surface area contributed by atoms with Gasteiger partial charge in [-0.2, -0.15) is 0 Å². The summed E-state index contributed by atoms with van der Waals surface area (Å²) in [7, 11) is 1.87. The highest BCUT2D eigenvalue weighted by Gasteiger charge is 2.46. The van der Waals surface area contributed by atoms with Crippen molar-refractivity contribution in [3.05, 3.63) is 99.7 Å². The van der Waals surface area contributed by atoms with E-state index in [9.17, 15) is 18.8 Å². The molecule has 0 aliphatic carbocycles. The molecular formula is C30H27FN2O5S. The lowest BCUT2D eigenvalue weighted by atomic mass is 9.85. The van der Waals surface area contributed by atoms with E-state index in [1.165, 1.54) is 12.1 Å². The number of fused-ring (bicyclic) bond motifs is 1. The Morgan fingerprint density at radius 2 is 1.85 bits per heavy atom. The Morgan fingerprint density at radius 1 is 1.05 bits per heavy atom. The Bertz CT molecular complexity index is 1520. The van der Waals surface area contributed by atoms with Crippen LogP contribution in [0.25, 0.3) is 5.57 Å². The van der Waals surface area contributed by atoms with Gasteiger partial charge in [0.25, 0.3) is 11.1 Å². The van der Waals surface area contributed by atoms with Gasteiger partial charge in [-0.15, -0.1) is 0 Å². The van der Waals surface area contributed by atoms with Crippen molar-refractivity contribution in [2.45, 2.75) is 26.0 Å². The number of halogens is 1. The fourth-order valence-corrected chi connectivity index (χ4v) is 5.82. The van der Waals surface area contributed by atoms with Gasteiger partial charge < -0.3 is 14.4 Å². The van der Waals surface area contributed by atoms with Crippen molar-refractivity contribution in [1.82, 2.24) is 5.32 Å². The highest BCUT2D eigenvalue weighted by Crippen LogP contribution is 2.44. The van der Waals surface area contributed by atoms with Gasteiger partial charge in [-0.1, -0.05) is 30.3 Å². The number of thioether (sulfide) groups is 1. The predicted octanol–water partition coefficient (Wildman–Crippen LogP) is 5.82. The number of carbonyl (C=O) groups excluding carboxylic acids is 3. The van der Waals surface area contributed by atoms with Crippen LogP contribution in [0.5, 0.6) is 5.75 Å². The van der Waals surface area contributed by atoms with Gasteiger partial charge in [0, 0.05) is 23.9 Å². The molecule has 200 valence electrons. The molecule has 2 aliphatic heterocycles. The minimum Gasteiger partial charge on any atom is -0.491 e. The van der Waals surface area contributed by atoms with E-state index in [1.807, 2.05) is 42.3 Å². The molecule has 0 bridgehead atoms. The Labute approximate surface area is 230 Å². The molecule has 0 aromatic heterocycles. The molecule has 1 N–H and O–H groups in total. The summed E-state index contributed by atoms with van der Waals surface area (Å²) in [6, 6.07) is 19.1. The average Bonchev–Trinajstić information content (AvgIpc) is 3.26. The lowest BCUT2D eigenvalue weighted by molar-refractivity contribution is -0.115. The second-order valence-corrected chi connectivity index (χ2v) is 10.4. The zero-order valence-corrected chi connectivity index (χ0v) is 22.6. The molecule has 3 aromatic carbocycles.